The summed E-state index contributed by atoms with van der Waals surface area (Å²) in [5.41, 5.74) is 2.42. The zero-order valence-electron chi connectivity index (χ0n) is 15.7. The molecule has 2 heterocycles. The maximum absolute atomic E-state index is 11.7. The highest BCUT2D eigenvalue weighted by Gasteiger charge is 2.52. The molecule has 0 amide bonds. The van der Waals surface area contributed by atoms with Crippen molar-refractivity contribution < 1.29 is 9.84 Å². The Morgan fingerprint density at radius 1 is 1.15 bits per heavy atom. The number of pyridine rings is 1. The molecule has 26 heavy (non-hydrogen) atoms. The number of aryl methyl sites for hydroxylation is 1. The number of likely N-dealkylation sites (tertiary alicyclic amines) is 1. The number of ether oxygens (including phenoxy) is 1. The lowest BCUT2D eigenvalue weighted by molar-refractivity contribution is -0.151. The van der Waals surface area contributed by atoms with Crippen LogP contribution in [0, 0.1) is 18.8 Å². The Balaban J connectivity index is 1.57. The normalized spacial score (nSPS) is 28.7. The van der Waals surface area contributed by atoms with Crippen LogP contribution in [0.25, 0.3) is 0 Å². The summed E-state index contributed by atoms with van der Waals surface area (Å²) < 4.78 is 5.52. The molecule has 0 radical (unpaired) electrons. The van der Waals surface area contributed by atoms with E-state index >= 15 is 0 Å². The summed E-state index contributed by atoms with van der Waals surface area (Å²) >= 11 is 0. The van der Waals surface area contributed by atoms with Crippen LogP contribution in [0.5, 0.6) is 5.75 Å². The molecule has 4 rings (SSSR count). The van der Waals surface area contributed by atoms with E-state index in [2.05, 4.69) is 28.1 Å². The molecule has 1 N–H and O–H groups in total. The van der Waals surface area contributed by atoms with Crippen molar-refractivity contribution in [3.8, 4) is 5.75 Å². The fraction of sp³-hybridized carbons (Fsp3) is 0.500. The summed E-state index contributed by atoms with van der Waals surface area (Å²) in [7, 11) is 1.73. The number of hydrogen-bond acceptors (Lipinski definition) is 4. The minimum Gasteiger partial charge on any atom is -0.496 e. The van der Waals surface area contributed by atoms with E-state index in [9.17, 15) is 5.11 Å². The third-order valence-electron chi connectivity index (χ3n) is 6.22. The van der Waals surface area contributed by atoms with Crippen molar-refractivity contribution in [2.75, 3.05) is 20.2 Å². The number of fused-ring (bicyclic) bond motifs is 2. The topological polar surface area (TPSA) is 45.6 Å². The van der Waals surface area contributed by atoms with Crippen LogP contribution < -0.4 is 4.74 Å². The molecule has 2 aromatic rings. The van der Waals surface area contributed by atoms with Crippen molar-refractivity contribution in [3.05, 3.63) is 59.4 Å². The molecule has 4 nitrogen and oxygen atoms in total. The highest BCUT2D eigenvalue weighted by molar-refractivity contribution is 5.33. The molecule has 1 saturated heterocycles. The summed E-state index contributed by atoms with van der Waals surface area (Å²) in [6.45, 7) is 4.72. The smallest absolute Gasteiger partial charge is 0.123 e. The molecule has 1 aliphatic heterocycles. The molecule has 1 aromatic heterocycles. The number of aliphatic hydroxyl groups is 1. The first kappa shape index (κ1) is 17.5. The summed E-state index contributed by atoms with van der Waals surface area (Å²) in [5.74, 6) is 1.42. The maximum atomic E-state index is 11.7. The zero-order chi connectivity index (χ0) is 18.1. The van der Waals surface area contributed by atoms with Gasteiger partial charge >= 0.3 is 0 Å². The van der Waals surface area contributed by atoms with Crippen molar-refractivity contribution >= 4 is 0 Å². The number of piperidine rings is 1. The van der Waals surface area contributed by atoms with E-state index in [-0.39, 0.29) is 11.8 Å². The Labute approximate surface area is 155 Å². The summed E-state index contributed by atoms with van der Waals surface area (Å²) in [6, 6.07) is 12.3. The van der Waals surface area contributed by atoms with Crippen LogP contribution in [0.15, 0.2) is 42.6 Å². The van der Waals surface area contributed by atoms with Gasteiger partial charge in [-0.25, -0.2) is 0 Å². The molecular formula is C22H28N2O2. The molecule has 2 bridgehead atoms. The number of rotatable bonds is 4. The Bertz CT molecular complexity index is 745. The van der Waals surface area contributed by atoms with E-state index in [0.717, 1.165) is 49.5 Å². The fourth-order valence-corrected chi connectivity index (χ4v) is 4.87. The van der Waals surface area contributed by atoms with Crippen molar-refractivity contribution in [1.29, 1.82) is 0 Å². The van der Waals surface area contributed by atoms with Gasteiger partial charge < -0.3 is 9.84 Å². The first-order valence-corrected chi connectivity index (χ1v) is 9.61. The lowest BCUT2D eigenvalue weighted by Gasteiger charge is -2.52. The largest absolute Gasteiger partial charge is 0.496 e. The Hall–Kier alpha value is -1.91. The van der Waals surface area contributed by atoms with Gasteiger partial charge in [0.25, 0.3) is 0 Å². The van der Waals surface area contributed by atoms with Crippen LogP contribution in [0.3, 0.4) is 0 Å². The number of nitrogens with zero attached hydrogens (tertiary/aromatic N) is 2. The number of hydrogen-bond donors (Lipinski definition) is 1. The predicted molar refractivity (Wildman–Crippen MR) is 102 cm³/mol. The van der Waals surface area contributed by atoms with E-state index in [1.165, 1.54) is 12.0 Å². The molecule has 2 atom stereocenters. The number of para-hydroxylation sites is 1. The predicted octanol–water partition coefficient (Wildman–Crippen LogP) is 3.52. The Morgan fingerprint density at radius 2 is 1.88 bits per heavy atom. The second-order valence-electron chi connectivity index (χ2n) is 7.88. The van der Waals surface area contributed by atoms with Crippen LogP contribution >= 0.6 is 0 Å². The van der Waals surface area contributed by atoms with Crippen LogP contribution in [0.2, 0.25) is 0 Å². The molecule has 2 aliphatic rings. The molecule has 2 fully saturated rings. The molecule has 138 valence electrons. The van der Waals surface area contributed by atoms with E-state index in [4.69, 9.17) is 4.74 Å². The van der Waals surface area contributed by atoms with E-state index < -0.39 is 5.60 Å². The highest BCUT2D eigenvalue weighted by atomic mass is 16.5. The average molecular weight is 352 g/mol. The third-order valence-corrected chi connectivity index (χ3v) is 6.22. The lowest BCUT2D eigenvalue weighted by Crippen LogP contribution is -2.58. The Kier molecular flexibility index (Phi) is 4.72. The van der Waals surface area contributed by atoms with Crippen molar-refractivity contribution in [1.82, 2.24) is 9.88 Å². The monoisotopic (exact) mass is 352 g/mol. The second kappa shape index (κ2) is 7.01. The summed E-state index contributed by atoms with van der Waals surface area (Å²) in [5, 5.41) is 11.7. The van der Waals surface area contributed by atoms with Gasteiger partial charge in [-0.3, -0.25) is 9.88 Å². The van der Waals surface area contributed by atoms with Gasteiger partial charge in [-0.15, -0.1) is 0 Å². The van der Waals surface area contributed by atoms with Gasteiger partial charge in [0.15, 0.2) is 0 Å². The Morgan fingerprint density at radius 3 is 2.54 bits per heavy atom. The number of aromatic nitrogens is 1. The van der Waals surface area contributed by atoms with Gasteiger partial charge in [0.2, 0.25) is 0 Å². The highest BCUT2D eigenvalue weighted by Crippen LogP contribution is 2.48. The van der Waals surface area contributed by atoms with Gasteiger partial charge in [-0.2, -0.15) is 0 Å². The average Bonchev–Trinajstić information content (AvgIpc) is 2.63. The van der Waals surface area contributed by atoms with Gasteiger partial charge in [0.1, 0.15) is 11.4 Å². The van der Waals surface area contributed by atoms with E-state index in [0.29, 0.717) is 0 Å². The SMILES string of the molecule is COc1ccccc1CN1CC2CCCC(C1)C2(O)c1ccc(C)cn1. The van der Waals surface area contributed by atoms with Gasteiger partial charge in [-0.05, 0) is 37.5 Å². The van der Waals surface area contributed by atoms with Crippen molar-refractivity contribution in [3.63, 3.8) is 0 Å². The first-order chi connectivity index (χ1) is 12.6. The second-order valence-corrected chi connectivity index (χ2v) is 7.88. The summed E-state index contributed by atoms with van der Waals surface area (Å²) in [4.78, 5) is 7.09. The van der Waals surface area contributed by atoms with Gasteiger partial charge in [-0.1, -0.05) is 30.7 Å². The minimum atomic E-state index is -0.788. The lowest BCUT2D eigenvalue weighted by atomic mass is 9.64. The molecule has 4 heteroatoms. The summed E-state index contributed by atoms with van der Waals surface area (Å²) in [6.07, 6.45) is 5.20. The molecule has 1 aromatic carbocycles. The van der Waals surface area contributed by atoms with E-state index in [1.54, 1.807) is 7.11 Å². The number of benzene rings is 1. The third kappa shape index (κ3) is 3.01. The van der Waals surface area contributed by atoms with Crippen molar-refractivity contribution in [2.45, 2.75) is 38.3 Å². The fourth-order valence-electron chi connectivity index (χ4n) is 4.87. The number of methoxy groups -OCH3 is 1. The maximum Gasteiger partial charge on any atom is 0.123 e. The van der Waals surface area contributed by atoms with Crippen molar-refractivity contribution in [2.24, 2.45) is 11.8 Å². The molecule has 0 spiro atoms. The minimum absolute atomic E-state index is 0.236. The van der Waals surface area contributed by atoms with Gasteiger partial charge in [0.05, 0.1) is 12.8 Å². The molecule has 1 aliphatic carbocycles. The molecular weight excluding hydrogens is 324 g/mol. The van der Waals surface area contributed by atoms with Crippen LogP contribution in [-0.2, 0) is 12.1 Å². The van der Waals surface area contributed by atoms with Crippen LogP contribution in [-0.4, -0.2) is 35.2 Å². The molecule has 1 saturated carbocycles. The van der Waals surface area contributed by atoms with E-state index in [1.807, 2.05) is 31.3 Å². The molecule has 2 unspecified atom stereocenters. The quantitative estimate of drug-likeness (QED) is 0.914. The van der Waals surface area contributed by atoms with Gasteiger partial charge in [0, 0.05) is 43.2 Å². The zero-order valence-corrected chi connectivity index (χ0v) is 15.7. The standard InChI is InChI=1S/C22H28N2O2/c1-16-10-11-21(23-12-16)22(25)18-7-5-8-19(22)15-24(14-18)13-17-6-3-4-9-20(17)26-2/h3-4,6,9-12,18-19,25H,5,7-8,13-15H2,1-2H3. The van der Waals surface area contributed by atoms with Crippen LogP contribution in [0.4, 0.5) is 0 Å². The van der Waals surface area contributed by atoms with Crippen LogP contribution in [0.1, 0.15) is 36.1 Å². The first-order valence-electron chi connectivity index (χ1n) is 9.61.